The molecule has 124 valence electrons. The van der Waals surface area contributed by atoms with Crippen LogP contribution < -0.4 is 10.6 Å². The molecule has 0 bridgehead atoms. The minimum absolute atomic E-state index is 0.168. The molecular weight excluding hydrogens is 349 g/mol. The second-order valence-corrected chi connectivity index (χ2v) is 5.91. The minimum Gasteiger partial charge on any atom is -0.352 e. The van der Waals surface area contributed by atoms with E-state index in [1.807, 2.05) is 12.1 Å². The molecule has 0 atom stereocenters. The van der Waals surface area contributed by atoms with E-state index in [2.05, 4.69) is 20.6 Å². The molecule has 1 heterocycles. The van der Waals surface area contributed by atoms with Gasteiger partial charge < -0.3 is 10.6 Å². The number of aliphatic imine (C=N–C) groups is 1. The average Bonchev–Trinajstić information content (AvgIpc) is 2.98. The number of guanidine groups is 1. The Bertz CT molecular complexity index is 667. The third-order valence-electron chi connectivity index (χ3n) is 2.85. The van der Waals surface area contributed by atoms with Crippen molar-refractivity contribution < 1.29 is 13.2 Å². The third-order valence-corrected chi connectivity index (χ3v) is 3.95. The Morgan fingerprint density at radius 3 is 2.43 bits per heavy atom. The summed E-state index contributed by atoms with van der Waals surface area (Å²) in [5.41, 5.74) is 0.134. The number of nitrogens with zero attached hydrogens (tertiary/aromatic N) is 2. The van der Waals surface area contributed by atoms with Crippen molar-refractivity contribution in [1.29, 1.82) is 0 Å². The summed E-state index contributed by atoms with van der Waals surface area (Å²) >= 11 is 6.76. The number of halogens is 4. The van der Waals surface area contributed by atoms with Crippen molar-refractivity contribution in [2.75, 3.05) is 7.05 Å². The van der Waals surface area contributed by atoms with Crippen LogP contribution in [-0.4, -0.2) is 18.0 Å². The summed E-state index contributed by atoms with van der Waals surface area (Å²) in [7, 11) is 1.58. The van der Waals surface area contributed by atoms with Gasteiger partial charge in [0, 0.05) is 24.0 Å². The lowest BCUT2D eigenvalue weighted by molar-refractivity contribution is -0.140. The predicted molar refractivity (Wildman–Crippen MR) is 85.6 cm³/mol. The van der Waals surface area contributed by atoms with Gasteiger partial charge in [0.05, 0.1) is 6.54 Å². The molecule has 23 heavy (non-hydrogen) atoms. The van der Waals surface area contributed by atoms with Gasteiger partial charge in [-0.3, -0.25) is 4.99 Å². The fourth-order valence-corrected chi connectivity index (χ4v) is 2.56. The lowest BCUT2D eigenvalue weighted by atomic mass is 10.2. The van der Waals surface area contributed by atoms with Gasteiger partial charge in [0.15, 0.2) is 11.7 Å². The molecule has 0 radical (unpaired) electrons. The molecule has 0 saturated heterocycles. The maximum absolute atomic E-state index is 12.5. The first-order valence-electron chi connectivity index (χ1n) is 6.59. The number of aromatic nitrogens is 1. The zero-order valence-corrected chi connectivity index (χ0v) is 13.7. The molecule has 1 aromatic carbocycles. The molecule has 0 fully saturated rings. The Labute approximate surface area is 140 Å². The first kappa shape index (κ1) is 17.6. The zero-order valence-electron chi connectivity index (χ0n) is 12.1. The number of nitrogens with one attached hydrogen (secondary N) is 2. The molecular formula is C14H14ClF3N4S. The van der Waals surface area contributed by atoms with Crippen LogP contribution in [0.2, 0.25) is 5.02 Å². The van der Waals surface area contributed by atoms with Gasteiger partial charge in [0.1, 0.15) is 5.01 Å². The Kier molecular flexibility index (Phi) is 5.84. The van der Waals surface area contributed by atoms with Gasteiger partial charge in [-0.2, -0.15) is 13.2 Å². The zero-order chi connectivity index (χ0) is 16.9. The fourth-order valence-electron chi connectivity index (χ4n) is 1.69. The molecule has 0 unspecified atom stereocenters. The van der Waals surface area contributed by atoms with Crippen LogP contribution in [0, 0.1) is 0 Å². The van der Waals surface area contributed by atoms with E-state index in [-0.39, 0.29) is 6.54 Å². The van der Waals surface area contributed by atoms with Crippen molar-refractivity contribution in [2.24, 2.45) is 4.99 Å². The lowest BCUT2D eigenvalue weighted by Crippen LogP contribution is -2.36. The Morgan fingerprint density at radius 2 is 1.87 bits per heavy atom. The largest absolute Gasteiger partial charge is 0.434 e. The highest BCUT2D eigenvalue weighted by Crippen LogP contribution is 2.29. The van der Waals surface area contributed by atoms with E-state index in [9.17, 15) is 13.2 Å². The fraction of sp³-hybridized carbons (Fsp3) is 0.286. The highest BCUT2D eigenvalue weighted by atomic mass is 35.5. The molecule has 1 aromatic heterocycles. The van der Waals surface area contributed by atoms with Gasteiger partial charge in [0.2, 0.25) is 0 Å². The second kappa shape index (κ2) is 7.65. The molecule has 0 aliphatic rings. The number of hydrogen-bond donors (Lipinski definition) is 2. The summed E-state index contributed by atoms with van der Waals surface area (Å²) in [6, 6.07) is 7.31. The van der Waals surface area contributed by atoms with Gasteiger partial charge in [-0.1, -0.05) is 23.7 Å². The van der Waals surface area contributed by atoms with Crippen LogP contribution in [0.1, 0.15) is 16.3 Å². The quantitative estimate of drug-likeness (QED) is 0.644. The topological polar surface area (TPSA) is 49.3 Å². The van der Waals surface area contributed by atoms with Crippen molar-refractivity contribution in [1.82, 2.24) is 15.6 Å². The summed E-state index contributed by atoms with van der Waals surface area (Å²) in [6.45, 7) is 0.684. The first-order chi connectivity index (χ1) is 10.9. The van der Waals surface area contributed by atoms with E-state index >= 15 is 0 Å². The van der Waals surface area contributed by atoms with Gasteiger partial charge in [-0.15, -0.1) is 11.3 Å². The van der Waals surface area contributed by atoms with E-state index < -0.39 is 11.9 Å². The maximum atomic E-state index is 12.5. The van der Waals surface area contributed by atoms with Crippen molar-refractivity contribution in [2.45, 2.75) is 19.3 Å². The number of thiazole rings is 1. The molecule has 0 amide bonds. The van der Waals surface area contributed by atoms with Crippen LogP contribution >= 0.6 is 22.9 Å². The number of benzene rings is 1. The molecule has 9 heteroatoms. The van der Waals surface area contributed by atoms with E-state index in [1.54, 1.807) is 19.2 Å². The van der Waals surface area contributed by atoms with Crippen molar-refractivity contribution in [3.05, 3.63) is 50.9 Å². The SMILES string of the molecule is CN=C(NCc1ccc(Cl)cc1)NCc1nc(C(F)(F)F)cs1. The van der Waals surface area contributed by atoms with Crippen LogP contribution in [0.15, 0.2) is 34.6 Å². The molecule has 0 aliphatic carbocycles. The van der Waals surface area contributed by atoms with Crippen molar-refractivity contribution >= 4 is 28.9 Å². The van der Waals surface area contributed by atoms with Gasteiger partial charge in [-0.25, -0.2) is 4.98 Å². The third kappa shape index (κ3) is 5.40. The van der Waals surface area contributed by atoms with E-state index in [0.717, 1.165) is 22.3 Å². The van der Waals surface area contributed by atoms with Gasteiger partial charge in [-0.05, 0) is 17.7 Å². The van der Waals surface area contributed by atoms with Gasteiger partial charge >= 0.3 is 6.18 Å². The standard InChI is InChI=1S/C14H14ClF3N4S/c1-19-13(20-6-9-2-4-10(15)5-3-9)21-7-12-22-11(8-23-12)14(16,17)18/h2-5,8H,6-7H2,1H3,(H2,19,20,21). The summed E-state index contributed by atoms with van der Waals surface area (Å²) in [6.07, 6.45) is -4.41. The number of alkyl halides is 3. The predicted octanol–water partition coefficient (Wildman–Crippen LogP) is 3.68. The highest BCUT2D eigenvalue weighted by Gasteiger charge is 2.33. The molecule has 0 saturated carbocycles. The minimum atomic E-state index is -4.41. The first-order valence-corrected chi connectivity index (χ1v) is 7.85. The van der Waals surface area contributed by atoms with Gasteiger partial charge in [0.25, 0.3) is 0 Å². The second-order valence-electron chi connectivity index (χ2n) is 4.53. The molecule has 0 aliphatic heterocycles. The molecule has 2 rings (SSSR count). The Hall–Kier alpha value is -1.80. The van der Waals surface area contributed by atoms with Crippen LogP contribution in [0.5, 0.6) is 0 Å². The van der Waals surface area contributed by atoms with E-state index in [1.165, 1.54) is 0 Å². The molecule has 2 aromatic rings. The van der Waals surface area contributed by atoms with E-state index in [0.29, 0.717) is 22.5 Å². The monoisotopic (exact) mass is 362 g/mol. The smallest absolute Gasteiger partial charge is 0.352 e. The summed E-state index contributed by atoms with van der Waals surface area (Å²) in [5, 5.41) is 7.98. The van der Waals surface area contributed by atoms with Crippen LogP contribution in [0.3, 0.4) is 0 Å². The Balaban J connectivity index is 1.85. The summed E-state index contributed by atoms with van der Waals surface area (Å²) < 4.78 is 37.4. The van der Waals surface area contributed by atoms with Crippen LogP contribution in [-0.2, 0) is 19.3 Å². The number of hydrogen-bond acceptors (Lipinski definition) is 3. The molecule has 4 nitrogen and oxygen atoms in total. The molecule has 2 N–H and O–H groups in total. The van der Waals surface area contributed by atoms with Crippen LogP contribution in [0.25, 0.3) is 0 Å². The highest BCUT2D eigenvalue weighted by molar-refractivity contribution is 7.09. The van der Waals surface area contributed by atoms with Crippen molar-refractivity contribution in [3.8, 4) is 0 Å². The van der Waals surface area contributed by atoms with Crippen LogP contribution in [0.4, 0.5) is 13.2 Å². The number of rotatable bonds is 4. The maximum Gasteiger partial charge on any atom is 0.434 e. The normalized spacial score (nSPS) is 12.3. The lowest BCUT2D eigenvalue weighted by Gasteiger charge is -2.11. The van der Waals surface area contributed by atoms with Crippen molar-refractivity contribution in [3.63, 3.8) is 0 Å². The van der Waals surface area contributed by atoms with E-state index in [4.69, 9.17) is 11.6 Å². The summed E-state index contributed by atoms with van der Waals surface area (Å²) in [5.74, 6) is 0.476. The summed E-state index contributed by atoms with van der Waals surface area (Å²) in [4.78, 5) is 7.56. The Morgan fingerprint density at radius 1 is 1.22 bits per heavy atom. The average molecular weight is 363 g/mol. The molecule has 0 spiro atoms.